The molecule has 0 saturated heterocycles. The zero-order valence-electron chi connectivity index (χ0n) is 11.3. The van der Waals surface area contributed by atoms with E-state index in [-0.39, 0.29) is 18.2 Å². The smallest absolute Gasteiger partial charge is 0.221 e. The third-order valence-corrected chi connectivity index (χ3v) is 2.70. The quantitative estimate of drug-likeness (QED) is 0.909. The van der Waals surface area contributed by atoms with E-state index in [4.69, 9.17) is 10.5 Å². The predicted octanol–water partition coefficient (Wildman–Crippen LogP) is 3.17. The van der Waals surface area contributed by atoms with Crippen molar-refractivity contribution < 1.29 is 18.3 Å². The Bertz CT molecular complexity index is 651. The van der Waals surface area contributed by atoms with Gasteiger partial charge in [-0.2, -0.15) is 0 Å². The average molecular weight is 292 g/mol. The van der Waals surface area contributed by atoms with Crippen LogP contribution in [0, 0.1) is 11.6 Å². The fourth-order valence-electron chi connectivity index (χ4n) is 1.79. The first-order valence-electron chi connectivity index (χ1n) is 6.23. The zero-order chi connectivity index (χ0) is 15.4. The number of halogens is 2. The molecule has 0 unspecified atom stereocenters. The highest BCUT2D eigenvalue weighted by molar-refractivity contribution is 5.90. The maximum atomic E-state index is 13.9. The van der Waals surface area contributed by atoms with Crippen LogP contribution in [0.25, 0.3) is 0 Å². The van der Waals surface area contributed by atoms with Crippen molar-refractivity contribution in [2.24, 2.45) is 5.73 Å². The van der Waals surface area contributed by atoms with Gasteiger partial charge in [0.15, 0.2) is 23.1 Å². The van der Waals surface area contributed by atoms with Crippen LogP contribution in [0.2, 0.25) is 0 Å². The van der Waals surface area contributed by atoms with Crippen LogP contribution in [0.5, 0.6) is 11.5 Å². The van der Waals surface area contributed by atoms with E-state index in [9.17, 15) is 13.6 Å². The topological polar surface area (TPSA) is 64.3 Å². The van der Waals surface area contributed by atoms with Gasteiger partial charge in [0.1, 0.15) is 0 Å². The van der Waals surface area contributed by atoms with Gasteiger partial charge in [-0.1, -0.05) is 12.1 Å². The summed E-state index contributed by atoms with van der Waals surface area (Å²) >= 11 is 0. The van der Waals surface area contributed by atoms with E-state index in [1.54, 1.807) is 18.2 Å². The Morgan fingerprint density at radius 3 is 2.43 bits per heavy atom. The van der Waals surface area contributed by atoms with E-state index in [0.717, 1.165) is 12.1 Å². The summed E-state index contributed by atoms with van der Waals surface area (Å²) < 4.78 is 33.0. The molecule has 0 aliphatic heterocycles. The Balaban J connectivity index is 2.37. The number of nitrogens with one attached hydrogen (secondary N) is 1. The molecule has 0 aliphatic carbocycles. The Labute approximate surface area is 120 Å². The molecular formula is C15H14F2N2O2. The summed E-state index contributed by atoms with van der Waals surface area (Å²) in [7, 11) is 0. The number of para-hydroxylation sites is 2. The fourth-order valence-corrected chi connectivity index (χ4v) is 1.79. The molecule has 3 N–H and O–H groups in total. The van der Waals surface area contributed by atoms with Gasteiger partial charge in [-0.25, -0.2) is 8.78 Å². The van der Waals surface area contributed by atoms with Gasteiger partial charge < -0.3 is 15.8 Å². The summed E-state index contributed by atoms with van der Waals surface area (Å²) in [4.78, 5) is 11.1. The molecule has 110 valence electrons. The lowest BCUT2D eigenvalue weighted by atomic mass is 10.2. The molecule has 0 aliphatic rings. The molecular weight excluding hydrogens is 278 g/mol. The van der Waals surface area contributed by atoms with Gasteiger partial charge in [-0.3, -0.25) is 4.79 Å². The number of benzene rings is 2. The van der Waals surface area contributed by atoms with Crippen molar-refractivity contribution >= 4 is 11.6 Å². The highest BCUT2D eigenvalue weighted by Crippen LogP contribution is 2.33. The van der Waals surface area contributed by atoms with Gasteiger partial charge in [-0.05, 0) is 29.8 Å². The predicted molar refractivity (Wildman–Crippen MR) is 75.1 cm³/mol. The Morgan fingerprint density at radius 1 is 1.24 bits per heavy atom. The van der Waals surface area contributed by atoms with Crippen molar-refractivity contribution in [3.8, 4) is 11.5 Å². The molecule has 0 aromatic heterocycles. The van der Waals surface area contributed by atoms with E-state index < -0.39 is 17.4 Å². The SMILES string of the molecule is CC(=O)Nc1ccccc1Oc1c(F)cc(CN)cc1F. The molecule has 0 fully saturated rings. The van der Waals surface area contributed by atoms with Crippen LogP contribution in [-0.2, 0) is 11.3 Å². The second-order valence-electron chi connectivity index (χ2n) is 4.37. The first-order chi connectivity index (χ1) is 10.0. The van der Waals surface area contributed by atoms with Crippen LogP contribution in [-0.4, -0.2) is 5.91 Å². The monoisotopic (exact) mass is 292 g/mol. The number of anilines is 1. The van der Waals surface area contributed by atoms with Crippen molar-refractivity contribution in [2.45, 2.75) is 13.5 Å². The molecule has 2 aromatic carbocycles. The standard InChI is InChI=1S/C15H14F2N2O2/c1-9(20)19-13-4-2-3-5-14(13)21-15-11(16)6-10(8-18)7-12(15)17/h2-7H,8,18H2,1H3,(H,19,20). The van der Waals surface area contributed by atoms with Crippen molar-refractivity contribution in [1.82, 2.24) is 0 Å². The molecule has 4 nitrogen and oxygen atoms in total. The minimum atomic E-state index is -0.854. The first-order valence-corrected chi connectivity index (χ1v) is 6.23. The summed E-state index contributed by atoms with van der Waals surface area (Å²) in [5.41, 5.74) is 6.00. The number of carbonyl (C=O) groups is 1. The average Bonchev–Trinajstić information content (AvgIpc) is 2.43. The molecule has 0 radical (unpaired) electrons. The van der Waals surface area contributed by atoms with Gasteiger partial charge >= 0.3 is 0 Å². The van der Waals surface area contributed by atoms with Crippen LogP contribution in [0.15, 0.2) is 36.4 Å². The third kappa shape index (κ3) is 3.55. The molecule has 6 heteroatoms. The van der Waals surface area contributed by atoms with Crippen molar-refractivity contribution in [3.05, 3.63) is 53.6 Å². The summed E-state index contributed by atoms with van der Waals surface area (Å²) in [6.45, 7) is 1.35. The Kier molecular flexibility index (Phi) is 4.49. The summed E-state index contributed by atoms with van der Waals surface area (Å²) in [5, 5.41) is 2.53. The molecule has 2 rings (SSSR count). The highest BCUT2D eigenvalue weighted by atomic mass is 19.1. The molecule has 0 saturated carbocycles. The summed E-state index contributed by atoms with van der Waals surface area (Å²) in [5.74, 6) is -2.41. The molecule has 0 bridgehead atoms. The van der Waals surface area contributed by atoms with E-state index >= 15 is 0 Å². The maximum absolute atomic E-state index is 13.9. The summed E-state index contributed by atoms with van der Waals surface area (Å²) in [6.07, 6.45) is 0. The molecule has 21 heavy (non-hydrogen) atoms. The largest absolute Gasteiger partial charge is 0.449 e. The van der Waals surface area contributed by atoms with Gasteiger partial charge in [0.2, 0.25) is 5.91 Å². The molecule has 0 spiro atoms. The minimum absolute atomic E-state index is 0.0244. The second-order valence-corrected chi connectivity index (χ2v) is 4.37. The lowest BCUT2D eigenvalue weighted by molar-refractivity contribution is -0.114. The second kappa shape index (κ2) is 6.32. The Hall–Kier alpha value is -2.47. The van der Waals surface area contributed by atoms with E-state index in [2.05, 4.69) is 5.32 Å². The normalized spacial score (nSPS) is 10.3. The van der Waals surface area contributed by atoms with Crippen LogP contribution in [0.4, 0.5) is 14.5 Å². The van der Waals surface area contributed by atoms with Gasteiger partial charge in [0.05, 0.1) is 5.69 Å². The number of ether oxygens (including phenoxy) is 1. The number of hydrogen-bond acceptors (Lipinski definition) is 3. The van der Waals surface area contributed by atoms with E-state index in [1.807, 2.05) is 0 Å². The van der Waals surface area contributed by atoms with Crippen molar-refractivity contribution in [2.75, 3.05) is 5.32 Å². The van der Waals surface area contributed by atoms with Crippen molar-refractivity contribution in [3.63, 3.8) is 0 Å². The number of rotatable bonds is 4. The van der Waals surface area contributed by atoms with Gasteiger partial charge in [-0.15, -0.1) is 0 Å². The van der Waals surface area contributed by atoms with Gasteiger partial charge in [0.25, 0.3) is 0 Å². The molecule has 0 atom stereocenters. The molecule has 0 heterocycles. The number of nitrogens with two attached hydrogens (primary N) is 1. The number of amides is 1. The Morgan fingerprint density at radius 2 is 1.86 bits per heavy atom. The van der Waals surface area contributed by atoms with Crippen molar-refractivity contribution in [1.29, 1.82) is 0 Å². The lowest BCUT2D eigenvalue weighted by Crippen LogP contribution is -2.07. The molecule has 1 amide bonds. The maximum Gasteiger partial charge on any atom is 0.221 e. The number of carbonyl (C=O) groups excluding carboxylic acids is 1. The lowest BCUT2D eigenvalue weighted by Gasteiger charge is -2.13. The highest BCUT2D eigenvalue weighted by Gasteiger charge is 2.15. The fraction of sp³-hybridized carbons (Fsp3) is 0.133. The van der Waals surface area contributed by atoms with E-state index in [1.165, 1.54) is 13.0 Å². The van der Waals surface area contributed by atoms with E-state index in [0.29, 0.717) is 11.3 Å². The third-order valence-electron chi connectivity index (χ3n) is 2.70. The zero-order valence-corrected chi connectivity index (χ0v) is 11.3. The van der Waals surface area contributed by atoms with Crippen LogP contribution in [0.3, 0.4) is 0 Å². The minimum Gasteiger partial charge on any atom is -0.449 e. The van der Waals surface area contributed by atoms with Crippen LogP contribution in [0.1, 0.15) is 12.5 Å². The summed E-state index contributed by atoms with van der Waals surface area (Å²) in [6, 6.07) is 8.59. The first kappa shape index (κ1) is 14.9. The number of hydrogen-bond donors (Lipinski definition) is 2. The molecule has 2 aromatic rings. The van der Waals surface area contributed by atoms with Crippen LogP contribution < -0.4 is 15.8 Å². The van der Waals surface area contributed by atoms with Crippen LogP contribution >= 0.6 is 0 Å². The van der Waals surface area contributed by atoms with Gasteiger partial charge in [0, 0.05) is 13.5 Å².